The molecule has 1 amide bonds. The van der Waals surface area contributed by atoms with Crippen LogP contribution in [0.2, 0.25) is 0 Å². The van der Waals surface area contributed by atoms with Gasteiger partial charge in [-0.25, -0.2) is 9.78 Å². The van der Waals surface area contributed by atoms with Gasteiger partial charge in [0.05, 0.1) is 22.8 Å². The summed E-state index contributed by atoms with van der Waals surface area (Å²) in [5, 5.41) is 9.43. The van der Waals surface area contributed by atoms with Crippen LogP contribution in [0, 0.1) is 5.41 Å². The molecule has 0 spiro atoms. The highest BCUT2D eigenvalue weighted by atomic mass is 19.4. The molecule has 0 radical (unpaired) electrons. The first-order valence-electron chi connectivity index (χ1n) is 9.13. The van der Waals surface area contributed by atoms with E-state index in [1.807, 2.05) is 20.8 Å². The number of carbonyl (C=O) groups is 1. The van der Waals surface area contributed by atoms with Crippen LogP contribution in [-0.2, 0) is 6.18 Å². The molecule has 1 aliphatic rings. The van der Waals surface area contributed by atoms with E-state index in [4.69, 9.17) is 4.74 Å². The molecule has 0 saturated carbocycles. The monoisotopic (exact) mass is 413 g/mol. The number of hydrogen-bond acceptors (Lipinski definition) is 4. The van der Waals surface area contributed by atoms with E-state index in [-0.39, 0.29) is 30.3 Å². The first-order chi connectivity index (χ1) is 13.4. The molecule has 29 heavy (non-hydrogen) atoms. The average molecular weight is 413 g/mol. The third-order valence-electron chi connectivity index (χ3n) is 5.14. The fraction of sp³-hybridized carbons (Fsp3) is 0.526. The number of likely N-dealkylation sites (tertiary alicyclic amines) is 1. The topological polar surface area (TPSA) is 95.5 Å². The first kappa shape index (κ1) is 20.9. The van der Waals surface area contributed by atoms with Crippen molar-refractivity contribution in [1.82, 2.24) is 14.9 Å². The van der Waals surface area contributed by atoms with Crippen molar-refractivity contribution in [1.29, 1.82) is 0 Å². The summed E-state index contributed by atoms with van der Waals surface area (Å²) in [7, 11) is 0. The Hall–Kier alpha value is -2.78. The lowest BCUT2D eigenvalue weighted by Crippen LogP contribution is -2.53. The second-order valence-electron chi connectivity index (χ2n) is 8.22. The van der Waals surface area contributed by atoms with Gasteiger partial charge in [0.25, 0.3) is 5.56 Å². The third kappa shape index (κ3) is 4.30. The van der Waals surface area contributed by atoms with E-state index >= 15 is 0 Å². The first-order valence-corrected chi connectivity index (χ1v) is 9.13. The third-order valence-corrected chi connectivity index (χ3v) is 5.14. The van der Waals surface area contributed by atoms with Crippen LogP contribution < -0.4 is 10.3 Å². The molecule has 3 rings (SSSR count). The number of nitrogens with zero attached hydrogens (tertiary/aromatic N) is 2. The van der Waals surface area contributed by atoms with E-state index in [9.17, 15) is 27.9 Å². The van der Waals surface area contributed by atoms with E-state index in [0.717, 1.165) is 18.5 Å². The molecule has 0 aliphatic carbocycles. The normalized spacial score (nSPS) is 20.7. The number of fused-ring (bicyclic) bond motifs is 1. The van der Waals surface area contributed by atoms with Gasteiger partial charge < -0.3 is 19.7 Å². The van der Waals surface area contributed by atoms with Crippen molar-refractivity contribution in [3.05, 3.63) is 34.4 Å². The Morgan fingerprint density at radius 1 is 1.31 bits per heavy atom. The zero-order valence-corrected chi connectivity index (χ0v) is 16.2. The lowest BCUT2D eigenvalue weighted by Gasteiger charge is -2.44. The van der Waals surface area contributed by atoms with Crippen molar-refractivity contribution < 1.29 is 27.8 Å². The fourth-order valence-electron chi connectivity index (χ4n) is 3.68. The molecule has 1 fully saturated rings. The second kappa shape index (κ2) is 7.23. The van der Waals surface area contributed by atoms with E-state index in [1.165, 1.54) is 4.90 Å². The summed E-state index contributed by atoms with van der Waals surface area (Å²) in [5.41, 5.74) is -2.09. The van der Waals surface area contributed by atoms with Crippen molar-refractivity contribution in [2.75, 3.05) is 6.54 Å². The Morgan fingerprint density at radius 3 is 2.59 bits per heavy atom. The van der Waals surface area contributed by atoms with Gasteiger partial charge in [0.15, 0.2) is 0 Å². The Kier molecular flexibility index (Phi) is 5.22. The SMILES string of the molecule is CC(C)(C)C1CC(Oc2cc3c(=O)[nH]cnc3cc2C(F)(F)F)CCN1C(=O)O. The summed E-state index contributed by atoms with van der Waals surface area (Å²) in [5.74, 6) is -0.454. The second-order valence-corrected chi connectivity index (χ2v) is 8.22. The van der Waals surface area contributed by atoms with Crippen molar-refractivity contribution >= 4 is 17.0 Å². The summed E-state index contributed by atoms with van der Waals surface area (Å²) >= 11 is 0. The number of carboxylic acid groups (broad SMARTS) is 1. The molecule has 1 aromatic heterocycles. The van der Waals surface area contributed by atoms with Gasteiger partial charge in [0, 0.05) is 25.4 Å². The molecule has 1 saturated heterocycles. The zero-order valence-electron chi connectivity index (χ0n) is 16.2. The van der Waals surface area contributed by atoms with E-state index < -0.39 is 46.7 Å². The van der Waals surface area contributed by atoms with Crippen LogP contribution in [0.5, 0.6) is 5.75 Å². The smallest absolute Gasteiger partial charge is 0.420 e. The minimum Gasteiger partial charge on any atom is -0.490 e. The molecule has 2 heterocycles. The number of aromatic amines is 1. The molecular formula is C19H22F3N3O4. The standard InChI is InChI=1S/C19H22F3N3O4/c1-18(2,3)15-6-10(4-5-25(15)17(27)28)29-14-7-11-13(23-9-24-16(11)26)8-12(14)19(20,21)22/h7-10,15H,4-6H2,1-3H3,(H,27,28)(H,23,24,26). The molecule has 2 unspecified atom stereocenters. The van der Waals surface area contributed by atoms with Crippen LogP contribution in [0.4, 0.5) is 18.0 Å². The summed E-state index contributed by atoms with van der Waals surface area (Å²) in [4.78, 5) is 31.0. The maximum atomic E-state index is 13.6. The number of aromatic nitrogens is 2. The van der Waals surface area contributed by atoms with E-state index in [2.05, 4.69) is 9.97 Å². The predicted octanol–water partition coefficient (Wildman–Crippen LogP) is 3.88. The minimum absolute atomic E-state index is 0.00848. The number of alkyl halides is 3. The number of benzene rings is 1. The van der Waals surface area contributed by atoms with Crippen molar-refractivity contribution in [2.45, 2.75) is 51.9 Å². The van der Waals surface area contributed by atoms with Gasteiger partial charge in [-0.3, -0.25) is 4.79 Å². The fourth-order valence-corrected chi connectivity index (χ4v) is 3.68. The molecule has 1 aliphatic heterocycles. The van der Waals surface area contributed by atoms with Crippen molar-refractivity contribution in [3.63, 3.8) is 0 Å². The Bertz CT molecular complexity index is 981. The number of rotatable bonds is 2. The number of H-pyrrole nitrogens is 1. The van der Waals surface area contributed by atoms with Gasteiger partial charge in [-0.1, -0.05) is 20.8 Å². The van der Waals surface area contributed by atoms with E-state index in [1.54, 1.807) is 0 Å². The highest BCUT2D eigenvalue weighted by Crippen LogP contribution is 2.40. The zero-order chi connectivity index (χ0) is 21.6. The summed E-state index contributed by atoms with van der Waals surface area (Å²) in [6, 6.07) is 1.44. The molecule has 2 aromatic rings. The predicted molar refractivity (Wildman–Crippen MR) is 99.0 cm³/mol. The Morgan fingerprint density at radius 2 is 2.00 bits per heavy atom. The van der Waals surface area contributed by atoms with Gasteiger partial charge in [-0.15, -0.1) is 0 Å². The summed E-state index contributed by atoms with van der Waals surface area (Å²) in [6.07, 6.45) is -4.85. The molecule has 7 nitrogen and oxygen atoms in total. The van der Waals surface area contributed by atoms with Crippen LogP contribution in [0.25, 0.3) is 10.9 Å². The summed E-state index contributed by atoms with van der Waals surface area (Å²) < 4.78 is 46.5. The maximum Gasteiger partial charge on any atom is 0.420 e. The molecular weight excluding hydrogens is 391 g/mol. The van der Waals surface area contributed by atoms with Gasteiger partial charge in [0.1, 0.15) is 11.9 Å². The van der Waals surface area contributed by atoms with Crippen LogP contribution in [0.3, 0.4) is 0 Å². The highest BCUT2D eigenvalue weighted by molar-refractivity contribution is 5.80. The largest absolute Gasteiger partial charge is 0.490 e. The quantitative estimate of drug-likeness (QED) is 0.779. The molecule has 2 N–H and O–H groups in total. The molecule has 158 valence electrons. The van der Waals surface area contributed by atoms with Gasteiger partial charge in [-0.2, -0.15) is 13.2 Å². The maximum absolute atomic E-state index is 13.6. The Labute approximate surface area is 164 Å². The number of ether oxygens (including phenoxy) is 1. The number of nitrogens with one attached hydrogen (secondary N) is 1. The lowest BCUT2D eigenvalue weighted by molar-refractivity contribution is -0.139. The molecule has 1 aromatic carbocycles. The van der Waals surface area contributed by atoms with Crippen molar-refractivity contribution in [3.8, 4) is 5.75 Å². The highest BCUT2D eigenvalue weighted by Gasteiger charge is 2.41. The van der Waals surface area contributed by atoms with Gasteiger partial charge >= 0.3 is 12.3 Å². The lowest BCUT2D eigenvalue weighted by atomic mass is 9.80. The average Bonchev–Trinajstić information content (AvgIpc) is 2.60. The van der Waals surface area contributed by atoms with Gasteiger partial charge in [0.2, 0.25) is 0 Å². The van der Waals surface area contributed by atoms with Crippen molar-refractivity contribution in [2.24, 2.45) is 5.41 Å². The van der Waals surface area contributed by atoms with E-state index in [0.29, 0.717) is 0 Å². The van der Waals surface area contributed by atoms with Gasteiger partial charge in [-0.05, 0) is 17.5 Å². The molecule has 0 bridgehead atoms. The van der Waals surface area contributed by atoms with Crippen LogP contribution in [0.1, 0.15) is 39.2 Å². The number of hydrogen-bond donors (Lipinski definition) is 2. The number of halogens is 3. The van der Waals surface area contributed by atoms with Crippen LogP contribution in [0.15, 0.2) is 23.3 Å². The molecule has 2 atom stereocenters. The summed E-state index contributed by atoms with van der Waals surface area (Å²) in [6.45, 7) is 5.77. The Balaban J connectivity index is 1.98. The molecule has 10 heteroatoms. The number of piperidine rings is 1. The number of amides is 1. The minimum atomic E-state index is -4.70. The van der Waals surface area contributed by atoms with Crippen LogP contribution in [-0.4, -0.2) is 44.8 Å². The van der Waals surface area contributed by atoms with Crippen LogP contribution >= 0.6 is 0 Å².